The molecule has 1 N–H and O–H groups in total. The molecule has 0 radical (unpaired) electrons. The van der Waals surface area contributed by atoms with Crippen LogP contribution in [0.25, 0.3) is 0 Å². The fraction of sp³-hybridized carbons (Fsp3) is 0.212. The molecule has 7 nitrogen and oxygen atoms in total. The van der Waals surface area contributed by atoms with Gasteiger partial charge in [0.1, 0.15) is 12.6 Å². The normalized spacial score (nSPS) is 12.0. The highest BCUT2D eigenvalue weighted by Gasteiger charge is 2.34. The molecule has 4 rings (SSSR count). The Morgan fingerprint density at radius 1 is 0.762 bits per heavy atom. The summed E-state index contributed by atoms with van der Waals surface area (Å²) in [5, 5.41) is 3.49. The molecule has 0 aliphatic rings. The summed E-state index contributed by atoms with van der Waals surface area (Å²) in [6.07, 6.45) is 0.246. The largest absolute Gasteiger partial charge is 0.352 e. The van der Waals surface area contributed by atoms with Gasteiger partial charge in [-0.05, 0) is 61.4 Å². The molecular formula is C33H34ClN3O4S. The maximum absolute atomic E-state index is 14.3. The molecule has 4 aromatic carbocycles. The summed E-state index contributed by atoms with van der Waals surface area (Å²) < 4.78 is 28.9. The smallest absolute Gasteiger partial charge is 0.264 e. The van der Waals surface area contributed by atoms with E-state index in [2.05, 4.69) is 5.32 Å². The molecule has 0 spiro atoms. The Bertz CT molecular complexity index is 1570. The molecule has 9 heteroatoms. The van der Waals surface area contributed by atoms with Crippen LogP contribution in [0.4, 0.5) is 5.69 Å². The highest BCUT2D eigenvalue weighted by molar-refractivity contribution is 7.92. The Hall–Kier alpha value is -4.14. The molecule has 0 saturated carbocycles. The van der Waals surface area contributed by atoms with Gasteiger partial charge in [0.15, 0.2) is 0 Å². The average Bonchev–Trinajstić information content (AvgIpc) is 2.99. The number of hydrogen-bond donors (Lipinski definition) is 1. The SMILES string of the molecule is CC(C)NC(=O)C(Cc1ccccc1)N(Cc1ccc(Cl)cc1)C(=O)CN(c1ccccc1)S(=O)(=O)c1ccccc1. The predicted molar refractivity (Wildman–Crippen MR) is 167 cm³/mol. The van der Waals surface area contributed by atoms with Gasteiger partial charge in [0, 0.05) is 24.0 Å². The molecule has 4 aromatic rings. The van der Waals surface area contributed by atoms with Crippen molar-refractivity contribution >= 4 is 39.1 Å². The number of nitrogens with one attached hydrogen (secondary N) is 1. The topological polar surface area (TPSA) is 86.8 Å². The first-order chi connectivity index (χ1) is 20.1. The zero-order valence-corrected chi connectivity index (χ0v) is 25.1. The lowest BCUT2D eigenvalue weighted by atomic mass is 10.0. The van der Waals surface area contributed by atoms with Crippen molar-refractivity contribution in [1.29, 1.82) is 0 Å². The van der Waals surface area contributed by atoms with Crippen LogP contribution in [0.5, 0.6) is 0 Å². The molecule has 0 aliphatic heterocycles. The van der Waals surface area contributed by atoms with E-state index in [1.54, 1.807) is 72.8 Å². The second-order valence-corrected chi connectivity index (χ2v) is 12.5. The molecule has 1 unspecified atom stereocenters. The van der Waals surface area contributed by atoms with Crippen LogP contribution >= 0.6 is 11.6 Å². The number of para-hydroxylation sites is 1. The Morgan fingerprint density at radius 2 is 1.31 bits per heavy atom. The number of halogens is 1. The minimum Gasteiger partial charge on any atom is -0.352 e. The third-order valence-electron chi connectivity index (χ3n) is 6.62. The summed E-state index contributed by atoms with van der Waals surface area (Å²) >= 11 is 6.12. The van der Waals surface area contributed by atoms with E-state index in [1.165, 1.54) is 17.0 Å². The Morgan fingerprint density at radius 3 is 1.88 bits per heavy atom. The minimum absolute atomic E-state index is 0.0595. The van der Waals surface area contributed by atoms with E-state index in [1.807, 2.05) is 44.2 Å². The quantitative estimate of drug-likeness (QED) is 0.225. The lowest BCUT2D eigenvalue weighted by Crippen LogP contribution is -2.54. The van der Waals surface area contributed by atoms with Crippen molar-refractivity contribution in [1.82, 2.24) is 10.2 Å². The van der Waals surface area contributed by atoms with Gasteiger partial charge < -0.3 is 10.2 Å². The summed E-state index contributed by atoms with van der Waals surface area (Å²) in [7, 11) is -4.12. The fourth-order valence-corrected chi connectivity index (χ4v) is 6.13. The number of amides is 2. The van der Waals surface area contributed by atoms with Gasteiger partial charge in [-0.15, -0.1) is 0 Å². The van der Waals surface area contributed by atoms with E-state index < -0.39 is 28.5 Å². The zero-order chi connectivity index (χ0) is 30.1. The van der Waals surface area contributed by atoms with Crippen molar-refractivity contribution in [3.63, 3.8) is 0 Å². The predicted octanol–water partition coefficient (Wildman–Crippen LogP) is 5.70. The number of anilines is 1. The number of nitrogens with zero attached hydrogens (tertiary/aromatic N) is 2. The molecule has 1 atom stereocenters. The van der Waals surface area contributed by atoms with E-state index in [0.717, 1.165) is 15.4 Å². The molecule has 0 fully saturated rings. The number of hydrogen-bond acceptors (Lipinski definition) is 4. The Balaban J connectivity index is 1.78. The first-order valence-electron chi connectivity index (χ1n) is 13.7. The van der Waals surface area contributed by atoms with Crippen LogP contribution in [0.3, 0.4) is 0 Å². The van der Waals surface area contributed by atoms with Gasteiger partial charge in [-0.3, -0.25) is 13.9 Å². The van der Waals surface area contributed by atoms with Crippen molar-refractivity contribution in [3.05, 3.63) is 131 Å². The van der Waals surface area contributed by atoms with Gasteiger partial charge in [-0.25, -0.2) is 8.42 Å². The highest BCUT2D eigenvalue weighted by Crippen LogP contribution is 2.25. The number of sulfonamides is 1. The lowest BCUT2D eigenvalue weighted by molar-refractivity contribution is -0.140. The number of carbonyl (C=O) groups is 2. The van der Waals surface area contributed by atoms with Crippen molar-refractivity contribution in [2.45, 2.75) is 43.8 Å². The minimum atomic E-state index is -4.12. The first-order valence-corrected chi connectivity index (χ1v) is 15.5. The zero-order valence-electron chi connectivity index (χ0n) is 23.6. The molecule has 0 bridgehead atoms. The van der Waals surface area contributed by atoms with E-state index in [4.69, 9.17) is 11.6 Å². The summed E-state index contributed by atoms with van der Waals surface area (Å²) in [4.78, 5) is 29.5. The van der Waals surface area contributed by atoms with Crippen LogP contribution in [-0.2, 0) is 32.6 Å². The molecule has 0 aromatic heterocycles. The number of benzene rings is 4. The van der Waals surface area contributed by atoms with Crippen molar-refractivity contribution in [2.24, 2.45) is 0 Å². The van der Waals surface area contributed by atoms with Crippen LogP contribution < -0.4 is 9.62 Å². The highest BCUT2D eigenvalue weighted by atomic mass is 35.5. The van der Waals surface area contributed by atoms with Crippen LogP contribution in [0.1, 0.15) is 25.0 Å². The summed E-state index contributed by atoms with van der Waals surface area (Å²) in [5.74, 6) is -0.846. The van der Waals surface area contributed by atoms with Crippen molar-refractivity contribution in [2.75, 3.05) is 10.8 Å². The van der Waals surface area contributed by atoms with Crippen LogP contribution in [0.15, 0.2) is 120 Å². The molecule has 218 valence electrons. The maximum Gasteiger partial charge on any atom is 0.264 e. The van der Waals surface area contributed by atoms with E-state index in [9.17, 15) is 18.0 Å². The van der Waals surface area contributed by atoms with Gasteiger partial charge in [-0.1, -0.05) is 90.5 Å². The van der Waals surface area contributed by atoms with Gasteiger partial charge in [-0.2, -0.15) is 0 Å². The second-order valence-electron chi connectivity index (χ2n) is 10.2. The van der Waals surface area contributed by atoms with Gasteiger partial charge >= 0.3 is 0 Å². The van der Waals surface area contributed by atoms with Crippen LogP contribution in [-0.4, -0.2) is 43.8 Å². The first kappa shape index (κ1) is 30.8. The second kappa shape index (κ2) is 14.2. The van der Waals surface area contributed by atoms with E-state index in [0.29, 0.717) is 10.7 Å². The Kier molecular flexibility index (Phi) is 10.4. The molecule has 0 aliphatic carbocycles. The lowest BCUT2D eigenvalue weighted by Gasteiger charge is -2.34. The average molecular weight is 604 g/mol. The number of rotatable bonds is 12. The third kappa shape index (κ3) is 7.99. The van der Waals surface area contributed by atoms with Gasteiger partial charge in [0.2, 0.25) is 11.8 Å². The monoisotopic (exact) mass is 603 g/mol. The maximum atomic E-state index is 14.3. The van der Waals surface area contributed by atoms with Gasteiger partial charge in [0.05, 0.1) is 10.6 Å². The van der Waals surface area contributed by atoms with Crippen LogP contribution in [0, 0.1) is 0 Å². The molecule has 0 heterocycles. The van der Waals surface area contributed by atoms with E-state index in [-0.39, 0.29) is 29.8 Å². The third-order valence-corrected chi connectivity index (χ3v) is 8.66. The van der Waals surface area contributed by atoms with Crippen LogP contribution in [0.2, 0.25) is 5.02 Å². The Labute approximate surface area is 252 Å². The summed E-state index contributed by atoms with van der Waals surface area (Å²) in [6.45, 7) is 3.28. The fourth-order valence-electron chi connectivity index (χ4n) is 4.56. The molecule has 0 saturated heterocycles. The molecular weight excluding hydrogens is 570 g/mol. The molecule has 2 amide bonds. The van der Waals surface area contributed by atoms with Crippen molar-refractivity contribution in [3.8, 4) is 0 Å². The van der Waals surface area contributed by atoms with E-state index >= 15 is 0 Å². The van der Waals surface area contributed by atoms with Crippen molar-refractivity contribution < 1.29 is 18.0 Å². The molecule has 42 heavy (non-hydrogen) atoms. The standard InChI is InChI=1S/C33H34ClN3O4S/c1-25(2)35-33(39)31(22-26-12-6-3-7-13-26)36(23-27-18-20-28(34)21-19-27)32(38)24-37(29-14-8-4-9-15-29)42(40,41)30-16-10-5-11-17-30/h3-21,25,31H,22-24H2,1-2H3,(H,35,39). The number of carbonyl (C=O) groups excluding carboxylic acids is 2. The summed E-state index contributed by atoms with van der Waals surface area (Å²) in [5.41, 5.74) is 1.96. The van der Waals surface area contributed by atoms with Gasteiger partial charge in [0.25, 0.3) is 10.0 Å². The summed E-state index contributed by atoms with van der Waals surface area (Å²) in [6, 6.07) is 31.9.